The number of hydrogen-bond acceptors (Lipinski definition) is 17. The van der Waals surface area contributed by atoms with Crippen LogP contribution in [-0.2, 0) is 42.7 Å². The van der Waals surface area contributed by atoms with Crippen LogP contribution in [0.2, 0.25) is 0 Å². The largest absolute Gasteiger partial charge is 0.479 e. The van der Waals surface area contributed by atoms with Gasteiger partial charge >= 0.3 is 5.97 Å². The minimum absolute atomic E-state index is 0.0520. The lowest BCUT2D eigenvalue weighted by atomic mass is 9.85. The maximum Gasteiger partial charge on any atom is 0.332 e. The third-order valence-electron chi connectivity index (χ3n) is 11.9. The average molecular weight is 838 g/mol. The molecule has 16 atom stereocenters. The summed E-state index contributed by atoms with van der Waals surface area (Å²) in [5.74, 6) is -2.57. The quantitative estimate of drug-likeness (QED) is 0.0409. The summed E-state index contributed by atoms with van der Waals surface area (Å²) >= 11 is 0. The van der Waals surface area contributed by atoms with Crippen molar-refractivity contribution < 1.29 is 78.5 Å². The van der Waals surface area contributed by atoms with E-state index in [4.69, 9.17) is 33.2 Å². The summed E-state index contributed by atoms with van der Waals surface area (Å²) in [6, 6.07) is -1.04. The van der Waals surface area contributed by atoms with Gasteiger partial charge in [0.1, 0.15) is 42.9 Å². The molecule has 2 heterocycles. The molecule has 58 heavy (non-hydrogen) atoms. The highest BCUT2D eigenvalue weighted by atomic mass is 16.7. The molecule has 0 aromatic heterocycles. The van der Waals surface area contributed by atoms with Crippen molar-refractivity contribution in [3.63, 3.8) is 0 Å². The van der Waals surface area contributed by atoms with Crippen molar-refractivity contribution in [2.24, 2.45) is 17.8 Å². The molecule has 338 valence electrons. The van der Waals surface area contributed by atoms with E-state index >= 15 is 0 Å². The molecule has 0 aromatic rings. The van der Waals surface area contributed by atoms with Crippen LogP contribution in [0, 0.1) is 17.8 Å². The molecule has 0 bridgehead atoms. The first-order valence-corrected chi connectivity index (χ1v) is 21.2. The van der Waals surface area contributed by atoms with Crippen LogP contribution in [0.15, 0.2) is 0 Å². The molecule has 19 nitrogen and oxygen atoms in total. The van der Waals surface area contributed by atoms with Crippen molar-refractivity contribution in [2.75, 3.05) is 46.8 Å². The number of methoxy groups -OCH3 is 1. The molecule has 0 radical (unpaired) electrons. The van der Waals surface area contributed by atoms with Gasteiger partial charge in [0.05, 0.1) is 37.7 Å². The zero-order valence-corrected chi connectivity index (χ0v) is 34.4. The number of aliphatic carboxylic acids is 1. The van der Waals surface area contributed by atoms with Crippen LogP contribution < -0.4 is 16.0 Å². The van der Waals surface area contributed by atoms with Crippen LogP contribution in [0.4, 0.5) is 0 Å². The Hall–Kier alpha value is -1.66. The number of aliphatic hydroxyl groups excluding tert-OH is 6. The summed E-state index contributed by atoms with van der Waals surface area (Å²) in [4.78, 5) is 26.6. The molecular formula is C39H71N3O16. The van der Waals surface area contributed by atoms with Gasteiger partial charge in [0.15, 0.2) is 18.7 Å². The standard InChI is InChI=1S/C39H71N3O16/c1-5-10-23-24(36(49)41-15-14-40-28(44)13-16-52-4)18-25(56-39-33(48)32(47)30(45)21(3)54-39)34(23)58-38-29(42-20-53-6-2)35(31(46)27(19-43)57-38)55-26(37(50)51)17-22-11-8-7-9-12-22/h21-35,38-40,42-48H,5-20H2,1-4H3,(H,41,49)(H,50,51)/t21-,23?,24?,25-,26-,27?,28?,29?,30+,31+,32?,33?,34+,35?,38-,39-/m0/s1. The number of amides is 1. The van der Waals surface area contributed by atoms with Crippen molar-refractivity contribution in [1.82, 2.24) is 16.0 Å². The number of rotatable bonds is 24. The summed E-state index contributed by atoms with van der Waals surface area (Å²) in [7, 11) is 1.54. The SMILES string of the molecule is CCCC1C(C(=O)NCCNC(O)CCOC)C[C@H](O[C@@H]2O[C@@H](C)[C@@H](O)C(O)C2O)[C@@H]1O[C@@H]1OC(CO)[C@@H](O)C(O[C@@H](CC2CCCCC2)C(=O)O)C1NCOCC. The fourth-order valence-electron chi connectivity index (χ4n) is 8.67. The number of ether oxygens (including phenoxy) is 7. The zero-order chi connectivity index (χ0) is 42.4. The normalized spacial score (nSPS) is 37.1. The maximum absolute atomic E-state index is 13.9. The highest BCUT2D eigenvalue weighted by molar-refractivity contribution is 5.79. The van der Waals surface area contributed by atoms with E-state index in [2.05, 4.69) is 16.0 Å². The molecule has 2 aliphatic carbocycles. The van der Waals surface area contributed by atoms with Crippen molar-refractivity contribution >= 4 is 11.9 Å². The smallest absolute Gasteiger partial charge is 0.332 e. The molecule has 8 unspecified atom stereocenters. The Kier molecular flexibility index (Phi) is 20.9. The number of aliphatic hydroxyl groups is 6. The lowest BCUT2D eigenvalue weighted by Gasteiger charge is -2.47. The Bertz CT molecular complexity index is 1200. The lowest BCUT2D eigenvalue weighted by Crippen LogP contribution is -2.66. The van der Waals surface area contributed by atoms with Gasteiger partial charge in [-0.25, -0.2) is 4.79 Å². The Morgan fingerprint density at radius 2 is 1.66 bits per heavy atom. The van der Waals surface area contributed by atoms with E-state index in [-0.39, 0.29) is 44.5 Å². The molecule has 2 saturated heterocycles. The Labute approximate surface area is 341 Å². The first kappa shape index (κ1) is 49.0. The summed E-state index contributed by atoms with van der Waals surface area (Å²) in [6.07, 6.45) is -9.59. The Balaban J connectivity index is 1.64. The van der Waals surface area contributed by atoms with Gasteiger partial charge in [-0.2, -0.15) is 0 Å². The highest BCUT2D eigenvalue weighted by Crippen LogP contribution is 2.43. The van der Waals surface area contributed by atoms with E-state index in [1.54, 1.807) is 6.92 Å². The second-order valence-electron chi connectivity index (χ2n) is 16.0. The van der Waals surface area contributed by atoms with Gasteiger partial charge in [-0.15, -0.1) is 0 Å². The van der Waals surface area contributed by atoms with Gasteiger partial charge in [-0.1, -0.05) is 45.4 Å². The molecule has 4 rings (SSSR count). The average Bonchev–Trinajstić information content (AvgIpc) is 3.54. The maximum atomic E-state index is 13.9. The lowest BCUT2D eigenvalue weighted by molar-refractivity contribution is -0.329. The van der Waals surface area contributed by atoms with Crippen LogP contribution in [-0.4, -0.2) is 180 Å². The van der Waals surface area contributed by atoms with E-state index in [0.29, 0.717) is 32.5 Å². The third kappa shape index (κ3) is 13.4. The predicted octanol–water partition coefficient (Wildman–Crippen LogP) is -1.08. The summed E-state index contributed by atoms with van der Waals surface area (Å²) in [5.41, 5.74) is 0. The van der Waals surface area contributed by atoms with Crippen LogP contribution in [0.25, 0.3) is 0 Å². The fraction of sp³-hybridized carbons (Fsp3) is 0.949. The second-order valence-corrected chi connectivity index (χ2v) is 16.0. The van der Waals surface area contributed by atoms with Crippen LogP contribution in [0.1, 0.15) is 85.0 Å². The topological polar surface area (TPSA) is 276 Å². The second kappa shape index (κ2) is 24.7. The summed E-state index contributed by atoms with van der Waals surface area (Å²) in [6.45, 7) is 5.72. The molecule has 0 spiro atoms. The molecule has 4 fully saturated rings. The zero-order valence-electron chi connectivity index (χ0n) is 34.4. The van der Waals surface area contributed by atoms with E-state index in [1.807, 2.05) is 6.92 Å². The first-order valence-electron chi connectivity index (χ1n) is 21.2. The van der Waals surface area contributed by atoms with Gasteiger partial charge in [0.2, 0.25) is 5.91 Å². The van der Waals surface area contributed by atoms with Gasteiger partial charge in [0.25, 0.3) is 0 Å². The first-order chi connectivity index (χ1) is 27.8. The van der Waals surface area contributed by atoms with Crippen molar-refractivity contribution in [3.8, 4) is 0 Å². The van der Waals surface area contributed by atoms with Gasteiger partial charge in [-0.3, -0.25) is 15.4 Å². The fourth-order valence-corrected chi connectivity index (χ4v) is 8.67. The van der Waals surface area contributed by atoms with Crippen LogP contribution >= 0.6 is 0 Å². The number of nitrogens with one attached hydrogen (secondary N) is 3. The van der Waals surface area contributed by atoms with Crippen molar-refractivity contribution in [2.45, 2.75) is 171 Å². The van der Waals surface area contributed by atoms with Gasteiger partial charge in [0, 0.05) is 45.8 Å². The number of carbonyl (C=O) groups is 2. The number of carboxylic acid groups (broad SMARTS) is 1. The van der Waals surface area contributed by atoms with Crippen molar-refractivity contribution in [1.29, 1.82) is 0 Å². The van der Waals surface area contributed by atoms with E-state index in [0.717, 1.165) is 32.1 Å². The molecule has 19 heteroatoms. The molecule has 10 N–H and O–H groups in total. The predicted molar refractivity (Wildman–Crippen MR) is 205 cm³/mol. The van der Waals surface area contributed by atoms with Crippen molar-refractivity contribution in [3.05, 3.63) is 0 Å². The molecule has 2 aliphatic heterocycles. The molecular weight excluding hydrogens is 766 g/mol. The number of carboxylic acids is 1. The Morgan fingerprint density at radius 3 is 2.31 bits per heavy atom. The van der Waals surface area contributed by atoms with E-state index < -0.39 is 110 Å². The highest BCUT2D eigenvalue weighted by Gasteiger charge is 2.55. The summed E-state index contributed by atoms with van der Waals surface area (Å²) < 4.78 is 42.1. The van der Waals surface area contributed by atoms with E-state index in [9.17, 15) is 45.3 Å². The minimum atomic E-state index is -1.64. The number of carbonyl (C=O) groups excluding carboxylic acids is 1. The molecule has 1 amide bonds. The van der Waals surface area contributed by atoms with Crippen LogP contribution in [0.5, 0.6) is 0 Å². The number of hydrogen-bond donors (Lipinski definition) is 10. The van der Waals surface area contributed by atoms with Gasteiger partial charge in [-0.05, 0) is 44.9 Å². The minimum Gasteiger partial charge on any atom is -0.479 e. The van der Waals surface area contributed by atoms with Gasteiger partial charge < -0.3 is 74.2 Å². The Morgan fingerprint density at radius 1 is 0.914 bits per heavy atom. The van der Waals surface area contributed by atoms with Crippen LogP contribution in [0.3, 0.4) is 0 Å². The monoisotopic (exact) mass is 837 g/mol. The molecule has 2 saturated carbocycles. The van der Waals surface area contributed by atoms with E-state index in [1.165, 1.54) is 14.0 Å². The molecule has 0 aromatic carbocycles. The third-order valence-corrected chi connectivity index (χ3v) is 11.9. The summed E-state index contributed by atoms with van der Waals surface area (Å²) in [5, 5.41) is 83.3. The molecule has 4 aliphatic rings.